The summed E-state index contributed by atoms with van der Waals surface area (Å²) in [6.45, 7) is 2.55. The van der Waals surface area contributed by atoms with E-state index in [1.54, 1.807) is 5.57 Å². The van der Waals surface area contributed by atoms with Crippen LogP contribution in [0.3, 0.4) is 0 Å². The van der Waals surface area contributed by atoms with E-state index in [4.69, 9.17) is 0 Å². The fraction of sp³-hybridized carbons (Fsp3) is 0.484. The fourth-order valence-corrected chi connectivity index (χ4v) is 13.8. The summed E-state index contributed by atoms with van der Waals surface area (Å²) in [5.41, 5.74) is 5.07. The van der Waals surface area contributed by atoms with Crippen LogP contribution in [0.15, 0.2) is 84.5 Å². The minimum atomic E-state index is -0.407. The van der Waals surface area contributed by atoms with Gasteiger partial charge >= 0.3 is 0 Å². The molecule has 0 saturated heterocycles. The Bertz CT molecular complexity index is 862. The van der Waals surface area contributed by atoms with Crippen LogP contribution in [0.2, 0.25) is 0 Å². The van der Waals surface area contributed by atoms with Gasteiger partial charge in [-0.1, -0.05) is 138 Å². The van der Waals surface area contributed by atoms with E-state index in [9.17, 15) is 0 Å². The lowest BCUT2D eigenvalue weighted by atomic mass is 9.99. The summed E-state index contributed by atoms with van der Waals surface area (Å²) in [7, 11) is -0.384. The highest BCUT2D eigenvalue weighted by Gasteiger charge is 2.40. The van der Waals surface area contributed by atoms with E-state index in [2.05, 4.69) is 85.8 Å². The minimum absolute atomic E-state index is 0.0228. The molecule has 2 unspecified atom stereocenters. The SMILES string of the molecule is CC(C1=CC=CC1P(C1CCCCC1)C1CCCCC1)P(c1ccccc1)c1ccccc1. The summed E-state index contributed by atoms with van der Waals surface area (Å²) in [5.74, 6) is 0. The lowest BCUT2D eigenvalue weighted by Crippen LogP contribution is -2.30. The zero-order valence-electron chi connectivity index (χ0n) is 20.3. The van der Waals surface area contributed by atoms with Crippen molar-refractivity contribution in [2.24, 2.45) is 0 Å². The molecule has 0 amide bonds. The quantitative estimate of drug-likeness (QED) is 0.353. The van der Waals surface area contributed by atoms with Crippen LogP contribution in [0, 0.1) is 0 Å². The third kappa shape index (κ3) is 5.39. The lowest BCUT2D eigenvalue weighted by Gasteiger charge is -2.44. The molecule has 0 spiro atoms. The Balaban J connectivity index is 1.47. The first-order chi connectivity index (χ1) is 16.3. The number of allylic oxidation sites excluding steroid dienone is 4. The molecule has 3 aliphatic carbocycles. The first kappa shape index (κ1) is 23.5. The molecule has 2 aromatic carbocycles. The highest BCUT2D eigenvalue weighted by Crippen LogP contribution is 2.63. The van der Waals surface area contributed by atoms with E-state index in [1.165, 1.54) is 74.8 Å². The molecule has 0 aromatic heterocycles. The predicted molar refractivity (Wildman–Crippen MR) is 150 cm³/mol. The van der Waals surface area contributed by atoms with Gasteiger partial charge in [-0.3, -0.25) is 0 Å². The Morgan fingerprint density at radius 2 is 1.15 bits per heavy atom. The van der Waals surface area contributed by atoms with Crippen molar-refractivity contribution in [3.63, 3.8) is 0 Å². The molecular weight excluding hydrogens is 434 g/mol. The molecule has 0 N–H and O–H groups in total. The third-order valence-electron chi connectivity index (χ3n) is 8.18. The van der Waals surface area contributed by atoms with Crippen LogP contribution in [-0.4, -0.2) is 22.6 Å². The van der Waals surface area contributed by atoms with E-state index in [0.29, 0.717) is 5.66 Å². The molecule has 0 aliphatic heterocycles. The van der Waals surface area contributed by atoms with Gasteiger partial charge in [0.25, 0.3) is 0 Å². The van der Waals surface area contributed by atoms with E-state index in [0.717, 1.165) is 17.0 Å². The Kier molecular flexibility index (Phi) is 8.18. The average Bonchev–Trinajstić information content (AvgIpc) is 3.36. The summed E-state index contributed by atoms with van der Waals surface area (Å²) in [5, 5.41) is 3.05. The lowest BCUT2D eigenvalue weighted by molar-refractivity contribution is 0.483. The normalized spacial score (nSPS) is 23.2. The van der Waals surface area contributed by atoms with Crippen molar-refractivity contribution in [1.29, 1.82) is 0 Å². The van der Waals surface area contributed by atoms with Gasteiger partial charge in [0.2, 0.25) is 0 Å². The van der Waals surface area contributed by atoms with Crippen molar-refractivity contribution in [3.8, 4) is 0 Å². The molecular formula is C31H40P2. The molecule has 3 aliphatic rings. The van der Waals surface area contributed by atoms with E-state index in [-0.39, 0.29) is 7.92 Å². The summed E-state index contributed by atoms with van der Waals surface area (Å²) in [6, 6.07) is 22.7. The maximum Gasteiger partial charge on any atom is 0.0197 e. The van der Waals surface area contributed by atoms with E-state index in [1.807, 2.05) is 0 Å². The molecule has 0 nitrogen and oxygen atoms in total. The van der Waals surface area contributed by atoms with Crippen molar-refractivity contribution >= 4 is 26.5 Å². The Labute approximate surface area is 204 Å². The number of hydrogen-bond acceptors (Lipinski definition) is 0. The number of hydrogen-bond donors (Lipinski definition) is 0. The van der Waals surface area contributed by atoms with Gasteiger partial charge in [0, 0.05) is 11.3 Å². The highest BCUT2D eigenvalue weighted by atomic mass is 31.1. The first-order valence-electron chi connectivity index (χ1n) is 13.4. The number of benzene rings is 2. The summed E-state index contributed by atoms with van der Waals surface area (Å²) < 4.78 is 0. The van der Waals surface area contributed by atoms with Gasteiger partial charge < -0.3 is 0 Å². The van der Waals surface area contributed by atoms with Crippen molar-refractivity contribution in [3.05, 3.63) is 84.5 Å². The van der Waals surface area contributed by atoms with E-state index >= 15 is 0 Å². The molecule has 0 heterocycles. The van der Waals surface area contributed by atoms with Gasteiger partial charge in [0.1, 0.15) is 0 Å². The van der Waals surface area contributed by atoms with Gasteiger partial charge in [-0.05, 0) is 55.5 Å². The summed E-state index contributed by atoms with van der Waals surface area (Å²) >= 11 is 0. The van der Waals surface area contributed by atoms with Crippen LogP contribution in [0.25, 0.3) is 0 Å². The largest absolute Gasteiger partial charge is 0.0890 e. The monoisotopic (exact) mass is 474 g/mol. The van der Waals surface area contributed by atoms with Crippen molar-refractivity contribution in [2.75, 3.05) is 0 Å². The molecule has 2 heteroatoms. The van der Waals surface area contributed by atoms with Crippen LogP contribution in [0.4, 0.5) is 0 Å². The molecule has 2 fully saturated rings. The Morgan fingerprint density at radius 1 is 0.667 bits per heavy atom. The Hall–Kier alpha value is -1.22. The zero-order chi connectivity index (χ0) is 22.5. The molecule has 33 heavy (non-hydrogen) atoms. The summed E-state index contributed by atoms with van der Waals surface area (Å²) in [4.78, 5) is 0. The summed E-state index contributed by atoms with van der Waals surface area (Å²) in [6.07, 6.45) is 22.5. The second kappa shape index (κ2) is 11.5. The number of rotatable bonds is 7. The van der Waals surface area contributed by atoms with Crippen LogP contribution in [0.1, 0.15) is 71.1 Å². The van der Waals surface area contributed by atoms with Gasteiger partial charge in [0.15, 0.2) is 0 Å². The third-order valence-corrected chi connectivity index (χ3v) is 14.8. The van der Waals surface area contributed by atoms with Gasteiger partial charge in [-0.2, -0.15) is 0 Å². The van der Waals surface area contributed by atoms with E-state index < -0.39 is 7.92 Å². The second-order valence-electron chi connectivity index (χ2n) is 10.2. The predicted octanol–water partition coefficient (Wildman–Crippen LogP) is 8.52. The fourth-order valence-electron chi connectivity index (χ4n) is 6.57. The highest BCUT2D eigenvalue weighted by molar-refractivity contribution is 7.74. The van der Waals surface area contributed by atoms with Crippen LogP contribution < -0.4 is 10.6 Å². The minimum Gasteiger partial charge on any atom is -0.0890 e. The molecule has 2 saturated carbocycles. The van der Waals surface area contributed by atoms with Crippen molar-refractivity contribution in [1.82, 2.24) is 0 Å². The van der Waals surface area contributed by atoms with Crippen molar-refractivity contribution < 1.29 is 0 Å². The average molecular weight is 475 g/mol. The topological polar surface area (TPSA) is 0 Å². The molecule has 5 rings (SSSR count). The molecule has 0 bridgehead atoms. The Morgan fingerprint density at radius 3 is 1.64 bits per heavy atom. The maximum atomic E-state index is 2.64. The zero-order valence-corrected chi connectivity index (χ0v) is 22.1. The standard InChI is InChI=1S/C31H40P2/c1-25(32(26-15-6-2-7-16-26)27-17-8-3-9-18-27)30-23-14-24-31(30)33(28-19-10-4-11-20-28)29-21-12-5-13-22-29/h2-3,6-9,14-18,23-25,28-29,31H,4-5,10-13,19-22H2,1H3. The van der Waals surface area contributed by atoms with Gasteiger partial charge in [-0.25, -0.2) is 0 Å². The van der Waals surface area contributed by atoms with Crippen LogP contribution in [-0.2, 0) is 0 Å². The van der Waals surface area contributed by atoms with Gasteiger partial charge in [-0.15, -0.1) is 0 Å². The van der Waals surface area contributed by atoms with Crippen molar-refractivity contribution in [2.45, 2.75) is 93.8 Å². The first-order valence-corrected chi connectivity index (χ1v) is 16.3. The smallest absolute Gasteiger partial charge is 0.0197 e. The van der Waals surface area contributed by atoms with Crippen LogP contribution in [0.5, 0.6) is 0 Å². The van der Waals surface area contributed by atoms with Crippen LogP contribution >= 0.6 is 15.8 Å². The molecule has 0 radical (unpaired) electrons. The van der Waals surface area contributed by atoms with Gasteiger partial charge in [0.05, 0.1) is 0 Å². The molecule has 174 valence electrons. The second-order valence-corrected chi connectivity index (χ2v) is 15.7. The maximum absolute atomic E-state index is 2.64. The molecule has 2 aromatic rings. The molecule has 2 atom stereocenters.